The molecule has 1 fully saturated rings. The lowest BCUT2D eigenvalue weighted by molar-refractivity contribution is -0.143. The lowest BCUT2D eigenvalue weighted by Gasteiger charge is -2.19. The van der Waals surface area contributed by atoms with E-state index < -0.39 is 29.6 Å². The number of hydrogen-bond donors (Lipinski definition) is 1. The summed E-state index contributed by atoms with van der Waals surface area (Å²) in [6.07, 6.45) is -1.23. The van der Waals surface area contributed by atoms with Crippen molar-refractivity contribution in [1.29, 1.82) is 0 Å². The minimum Gasteiger partial charge on any atom is -0.491 e. The summed E-state index contributed by atoms with van der Waals surface area (Å²) >= 11 is 0. The van der Waals surface area contributed by atoms with Gasteiger partial charge in [0.05, 0.1) is 6.61 Å². The van der Waals surface area contributed by atoms with Crippen molar-refractivity contribution in [2.24, 2.45) is 5.73 Å². The van der Waals surface area contributed by atoms with Crippen LogP contribution in [0.1, 0.15) is 46.2 Å². The van der Waals surface area contributed by atoms with Crippen LogP contribution < -0.4 is 10.5 Å². The lowest BCUT2D eigenvalue weighted by atomic mass is 10.1. The van der Waals surface area contributed by atoms with Crippen LogP contribution in [0.3, 0.4) is 0 Å². The van der Waals surface area contributed by atoms with Crippen molar-refractivity contribution in [2.45, 2.75) is 58.2 Å². The number of nitrogens with two attached hydrogens (primary N) is 1. The average Bonchev–Trinajstić information content (AvgIpc) is 2.90. The van der Waals surface area contributed by atoms with E-state index in [2.05, 4.69) is 4.74 Å². The lowest BCUT2D eigenvalue weighted by Crippen LogP contribution is -2.30. The Morgan fingerprint density at radius 3 is 2.41 bits per heavy atom. The normalized spacial score (nSPS) is 20.0. The van der Waals surface area contributed by atoms with E-state index in [9.17, 15) is 9.59 Å². The van der Waals surface area contributed by atoms with Crippen molar-refractivity contribution in [3.05, 3.63) is 29.8 Å². The van der Waals surface area contributed by atoms with Crippen LogP contribution in [-0.4, -0.2) is 42.8 Å². The second kappa shape index (κ2) is 8.24. The zero-order valence-electron chi connectivity index (χ0n) is 16.3. The molecule has 0 aliphatic carbocycles. The van der Waals surface area contributed by atoms with Crippen molar-refractivity contribution in [1.82, 2.24) is 0 Å². The number of carbonyl (C=O) groups excluding carboxylic acids is 2. The van der Waals surface area contributed by atoms with E-state index in [0.717, 1.165) is 0 Å². The van der Waals surface area contributed by atoms with Gasteiger partial charge in [0.1, 0.15) is 30.1 Å². The molecule has 0 bridgehead atoms. The maximum absolute atomic E-state index is 12.0. The van der Waals surface area contributed by atoms with Crippen LogP contribution in [0.4, 0.5) is 4.79 Å². The Labute approximate surface area is 158 Å². The van der Waals surface area contributed by atoms with Gasteiger partial charge in [-0.1, -0.05) is 12.1 Å². The zero-order chi connectivity index (χ0) is 20.2. The number of benzene rings is 1. The highest BCUT2D eigenvalue weighted by Gasteiger charge is 2.33. The SMILES string of the molecule is CC(C)(C)OC(=O)OC(=O)C(N)c1ccc(OC[C@@H]2COC(C)(C)O2)cc1. The van der Waals surface area contributed by atoms with Gasteiger partial charge in [-0.05, 0) is 52.3 Å². The molecule has 0 aromatic heterocycles. The molecule has 0 saturated carbocycles. The number of ether oxygens (including phenoxy) is 5. The first-order valence-electron chi connectivity index (χ1n) is 8.70. The molecule has 150 valence electrons. The summed E-state index contributed by atoms with van der Waals surface area (Å²) in [5.74, 6) is -0.893. The smallest absolute Gasteiger partial charge is 0.491 e. The average molecular weight is 381 g/mol. The largest absolute Gasteiger partial charge is 0.516 e. The Bertz CT molecular complexity index is 664. The molecule has 27 heavy (non-hydrogen) atoms. The molecule has 1 aromatic rings. The van der Waals surface area contributed by atoms with Crippen molar-refractivity contribution >= 4 is 12.1 Å². The summed E-state index contributed by atoms with van der Waals surface area (Å²) in [5.41, 5.74) is 5.57. The first kappa shape index (κ1) is 21.1. The van der Waals surface area contributed by atoms with Gasteiger partial charge < -0.3 is 29.4 Å². The number of hydrogen-bond acceptors (Lipinski definition) is 8. The van der Waals surface area contributed by atoms with Crippen LogP contribution in [0.5, 0.6) is 5.75 Å². The third kappa shape index (κ3) is 6.82. The van der Waals surface area contributed by atoms with Gasteiger partial charge in [-0.25, -0.2) is 9.59 Å². The van der Waals surface area contributed by atoms with Gasteiger partial charge in [-0.15, -0.1) is 0 Å². The minimum absolute atomic E-state index is 0.147. The summed E-state index contributed by atoms with van der Waals surface area (Å²) in [6.45, 7) is 9.50. The molecule has 0 radical (unpaired) electrons. The Balaban J connectivity index is 1.84. The van der Waals surface area contributed by atoms with E-state index >= 15 is 0 Å². The van der Waals surface area contributed by atoms with Gasteiger partial charge in [-0.2, -0.15) is 0 Å². The highest BCUT2D eigenvalue weighted by Crippen LogP contribution is 2.24. The van der Waals surface area contributed by atoms with Gasteiger partial charge >= 0.3 is 12.1 Å². The summed E-state index contributed by atoms with van der Waals surface area (Å²) in [6, 6.07) is 5.51. The van der Waals surface area contributed by atoms with E-state index in [-0.39, 0.29) is 6.10 Å². The van der Waals surface area contributed by atoms with Crippen molar-refractivity contribution < 1.29 is 33.3 Å². The third-order valence-corrected chi connectivity index (χ3v) is 3.57. The van der Waals surface area contributed by atoms with E-state index in [1.165, 1.54) is 0 Å². The van der Waals surface area contributed by atoms with E-state index in [1.54, 1.807) is 45.0 Å². The van der Waals surface area contributed by atoms with Crippen LogP contribution in [0.25, 0.3) is 0 Å². The molecule has 1 aliphatic heterocycles. The fourth-order valence-electron chi connectivity index (χ4n) is 2.36. The standard InChI is InChI=1S/C19H27NO7/c1-18(2,3)27-17(22)25-16(21)15(20)12-6-8-13(9-7-12)23-10-14-11-24-19(4,5)26-14/h6-9,14-15H,10-11,20H2,1-5H3/t14-,15?/m1/s1. The molecular weight excluding hydrogens is 354 g/mol. The Hall–Kier alpha value is -2.16. The second-order valence-corrected chi connectivity index (χ2v) is 7.69. The molecule has 1 saturated heterocycles. The monoisotopic (exact) mass is 381 g/mol. The molecule has 2 N–H and O–H groups in total. The molecule has 2 rings (SSSR count). The van der Waals surface area contributed by atoms with Crippen LogP contribution in [0.15, 0.2) is 24.3 Å². The quantitative estimate of drug-likeness (QED) is 0.613. The Morgan fingerprint density at radius 1 is 1.26 bits per heavy atom. The second-order valence-electron chi connectivity index (χ2n) is 7.69. The number of esters is 1. The van der Waals surface area contributed by atoms with Crippen LogP contribution in [-0.2, 0) is 23.7 Å². The zero-order valence-corrected chi connectivity index (χ0v) is 16.3. The van der Waals surface area contributed by atoms with E-state index in [0.29, 0.717) is 24.5 Å². The van der Waals surface area contributed by atoms with Crippen molar-refractivity contribution in [3.63, 3.8) is 0 Å². The van der Waals surface area contributed by atoms with Gasteiger partial charge in [0, 0.05) is 0 Å². The minimum atomic E-state index is -1.11. The van der Waals surface area contributed by atoms with Crippen molar-refractivity contribution in [2.75, 3.05) is 13.2 Å². The first-order chi connectivity index (χ1) is 12.5. The summed E-state index contributed by atoms with van der Waals surface area (Å²) in [7, 11) is 0. The summed E-state index contributed by atoms with van der Waals surface area (Å²) in [4.78, 5) is 23.5. The van der Waals surface area contributed by atoms with Gasteiger partial charge in [0.15, 0.2) is 5.79 Å². The Kier molecular flexibility index (Phi) is 6.46. The maximum Gasteiger partial charge on any atom is 0.516 e. The molecular formula is C19H27NO7. The van der Waals surface area contributed by atoms with Gasteiger partial charge in [-0.3, -0.25) is 0 Å². The molecule has 8 heteroatoms. The van der Waals surface area contributed by atoms with Gasteiger partial charge in [0.25, 0.3) is 0 Å². The maximum atomic E-state index is 12.0. The summed E-state index contributed by atoms with van der Waals surface area (Å²) in [5, 5.41) is 0. The number of rotatable bonds is 5. The van der Waals surface area contributed by atoms with E-state index in [4.69, 9.17) is 24.7 Å². The van der Waals surface area contributed by atoms with Crippen LogP contribution in [0, 0.1) is 0 Å². The van der Waals surface area contributed by atoms with Gasteiger partial charge in [0.2, 0.25) is 0 Å². The molecule has 0 spiro atoms. The van der Waals surface area contributed by atoms with Crippen molar-refractivity contribution in [3.8, 4) is 5.75 Å². The highest BCUT2D eigenvalue weighted by molar-refractivity contribution is 5.86. The topological polar surface area (TPSA) is 106 Å². The van der Waals surface area contributed by atoms with Crippen LogP contribution >= 0.6 is 0 Å². The fourth-order valence-corrected chi connectivity index (χ4v) is 2.36. The Morgan fingerprint density at radius 2 is 1.89 bits per heavy atom. The molecule has 0 amide bonds. The first-order valence-corrected chi connectivity index (χ1v) is 8.70. The fraction of sp³-hybridized carbons (Fsp3) is 0.579. The third-order valence-electron chi connectivity index (χ3n) is 3.57. The molecule has 1 aromatic carbocycles. The molecule has 1 aliphatic rings. The highest BCUT2D eigenvalue weighted by atomic mass is 16.8. The molecule has 1 heterocycles. The molecule has 2 atom stereocenters. The number of carbonyl (C=O) groups is 2. The molecule has 8 nitrogen and oxygen atoms in total. The van der Waals surface area contributed by atoms with Crippen LogP contribution in [0.2, 0.25) is 0 Å². The predicted octanol–water partition coefficient (Wildman–Crippen LogP) is 2.70. The predicted molar refractivity (Wildman–Crippen MR) is 96.1 cm³/mol. The molecule has 1 unspecified atom stereocenters. The summed E-state index contributed by atoms with van der Waals surface area (Å²) < 4.78 is 26.3. The van der Waals surface area contributed by atoms with E-state index in [1.807, 2.05) is 13.8 Å².